The molecule has 0 unspecified atom stereocenters. The number of ether oxygens (including phenoxy) is 1. The van der Waals surface area contributed by atoms with Gasteiger partial charge in [-0.25, -0.2) is 4.79 Å². The highest BCUT2D eigenvalue weighted by Gasteiger charge is 2.50. The van der Waals surface area contributed by atoms with Crippen molar-refractivity contribution in [2.45, 2.75) is 50.7 Å². The molecule has 3 aliphatic rings. The van der Waals surface area contributed by atoms with Gasteiger partial charge >= 0.3 is 6.09 Å². The second-order valence-corrected chi connectivity index (χ2v) is 9.66. The number of carbonyl (C=O) groups is 1. The van der Waals surface area contributed by atoms with Crippen LogP contribution in [0.3, 0.4) is 0 Å². The Kier molecular flexibility index (Phi) is 5.61. The molecule has 31 heavy (non-hydrogen) atoms. The third kappa shape index (κ3) is 4.29. The van der Waals surface area contributed by atoms with Crippen molar-refractivity contribution < 1.29 is 14.6 Å². The molecule has 5 rings (SSSR count). The topological polar surface area (TPSA) is 53.0 Å². The maximum Gasteiger partial charge on any atom is 0.407 e. The number of nitrogens with zero attached hydrogens (tertiary/aromatic N) is 2. The van der Waals surface area contributed by atoms with Gasteiger partial charge in [-0.2, -0.15) is 0 Å². The molecule has 2 aromatic carbocycles. The molecule has 5 nitrogen and oxygen atoms in total. The monoisotopic (exact) mass is 420 g/mol. The van der Waals surface area contributed by atoms with Gasteiger partial charge in [0.1, 0.15) is 12.4 Å². The average Bonchev–Trinajstić information content (AvgIpc) is 3.24. The Labute approximate surface area is 184 Å². The summed E-state index contributed by atoms with van der Waals surface area (Å²) in [6.45, 7) is 4.33. The van der Waals surface area contributed by atoms with Gasteiger partial charge in [-0.05, 0) is 68.3 Å². The third-order valence-corrected chi connectivity index (χ3v) is 7.64. The number of benzene rings is 2. The summed E-state index contributed by atoms with van der Waals surface area (Å²) in [7, 11) is 0. The van der Waals surface area contributed by atoms with Crippen LogP contribution in [0.5, 0.6) is 5.75 Å². The van der Waals surface area contributed by atoms with E-state index >= 15 is 0 Å². The van der Waals surface area contributed by atoms with Crippen molar-refractivity contribution in [3.8, 4) is 5.75 Å². The van der Waals surface area contributed by atoms with Crippen molar-refractivity contribution in [2.75, 3.05) is 26.2 Å². The maximum atomic E-state index is 11.1. The number of likely N-dealkylation sites (tertiary alicyclic amines) is 2. The Morgan fingerprint density at radius 1 is 1.00 bits per heavy atom. The van der Waals surface area contributed by atoms with Crippen molar-refractivity contribution in [2.24, 2.45) is 5.41 Å². The first kappa shape index (κ1) is 20.4. The van der Waals surface area contributed by atoms with Crippen molar-refractivity contribution in [1.82, 2.24) is 9.80 Å². The van der Waals surface area contributed by atoms with E-state index in [1.807, 2.05) is 6.07 Å². The highest BCUT2D eigenvalue weighted by Crippen LogP contribution is 2.48. The molecule has 0 bridgehead atoms. The standard InChI is InChI=1S/C26H32N2O3/c29-25(30)28-18-26(19-28)13-10-22(16-26)27-14-11-21(12-15-27)23-8-4-5-9-24(23)31-17-20-6-2-1-3-7-20/h1-9,21-22H,10-19H2,(H,29,30)/t22-/m1/s1. The Balaban J connectivity index is 1.16. The van der Waals surface area contributed by atoms with E-state index < -0.39 is 6.09 Å². The van der Waals surface area contributed by atoms with Gasteiger partial charge < -0.3 is 19.6 Å². The molecule has 1 N–H and O–H groups in total. The van der Waals surface area contributed by atoms with E-state index in [0.29, 0.717) is 18.6 Å². The summed E-state index contributed by atoms with van der Waals surface area (Å²) in [6.07, 6.45) is 5.13. The summed E-state index contributed by atoms with van der Waals surface area (Å²) in [5.74, 6) is 1.57. The fourth-order valence-corrected chi connectivity index (χ4v) is 5.93. The molecule has 1 saturated carbocycles. The van der Waals surface area contributed by atoms with Crippen LogP contribution in [-0.4, -0.2) is 53.2 Å². The first-order valence-corrected chi connectivity index (χ1v) is 11.6. The maximum absolute atomic E-state index is 11.1. The summed E-state index contributed by atoms with van der Waals surface area (Å²) in [5.41, 5.74) is 2.80. The van der Waals surface area contributed by atoms with Crippen LogP contribution in [0.1, 0.15) is 49.1 Å². The van der Waals surface area contributed by atoms with Crippen LogP contribution < -0.4 is 4.74 Å². The highest BCUT2D eigenvalue weighted by molar-refractivity contribution is 5.66. The smallest absolute Gasteiger partial charge is 0.407 e. The third-order valence-electron chi connectivity index (χ3n) is 7.64. The normalized spacial score (nSPS) is 23.6. The van der Waals surface area contributed by atoms with Crippen molar-refractivity contribution in [3.63, 3.8) is 0 Å². The van der Waals surface area contributed by atoms with Crippen molar-refractivity contribution in [1.29, 1.82) is 0 Å². The molecule has 3 fully saturated rings. The van der Waals surface area contributed by atoms with Gasteiger partial charge in [-0.1, -0.05) is 48.5 Å². The molecule has 2 saturated heterocycles. The van der Waals surface area contributed by atoms with Gasteiger partial charge in [0, 0.05) is 24.5 Å². The van der Waals surface area contributed by atoms with Gasteiger partial charge in [0.2, 0.25) is 0 Å². The zero-order valence-electron chi connectivity index (χ0n) is 18.1. The lowest BCUT2D eigenvalue weighted by Gasteiger charge is -2.47. The van der Waals surface area contributed by atoms with Crippen LogP contribution >= 0.6 is 0 Å². The lowest BCUT2D eigenvalue weighted by Crippen LogP contribution is -2.57. The van der Waals surface area contributed by atoms with Crippen LogP contribution in [0.2, 0.25) is 0 Å². The average molecular weight is 421 g/mol. The SMILES string of the molecule is O=C(O)N1CC2(CC[C@@H](N3CCC(c4ccccc4OCc4ccccc4)CC3)C2)C1. The molecular weight excluding hydrogens is 388 g/mol. The lowest BCUT2D eigenvalue weighted by atomic mass is 9.78. The van der Waals surface area contributed by atoms with E-state index in [1.54, 1.807) is 4.90 Å². The number of rotatable bonds is 5. The molecule has 0 radical (unpaired) electrons. The van der Waals surface area contributed by atoms with Crippen molar-refractivity contribution in [3.05, 3.63) is 65.7 Å². The Hall–Kier alpha value is -2.53. The second-order valence-electron chi connectivity index (χ2n) is 9.66. The van der Waals surface area contributed by atoms with Gasteiger partial charge in [-0.3, -0.25) is 0 Å². The van der Waals surface area contributed by atoms with Gasteiger partial charge in [0.05, 0.1) is 0 Å². The van der Waals surface area contributed by atoms with Gasteiger partial charge in [0.15, 0.2) is 0 Å². The van der Waals surface area contributed by atoms with E-state index in [4.69, 9.17) is 9.84 Å². The number of hydrogen-bond acceptors (Lipinski definition) is 3. The van der Waals surface area contributed by atoms with Crippen LogP contribution in [0, 0.1) is 5.41 Å². The second kappa shape index (κ2) is 8.54. The molecule has 1 aliphatic carbocycles. The minimum Gasteiger partial charge on any atom is -0.489 e. The number of carboxylic acid groups (broad SMARTS) is 1. The number of para-hydroxylation sites is 1. The molecule has 164 valence electrons. The quantitative estimate of drug-likeness (QED) is 0.741. The van der Waals surface area contributed by atoms with E-state index in [9.17, 15) is 4.79 Å². The predicted octanol–water partition coefficient (Wildman–Crippen LogP) is 4.98. The van der Waals surface area contributed by atoms with E-state index in [-0.39, 0.29) is 5.41 Å². The van der Waals surface area contributed by atoms with Gasteiger partial charge in [0.25, 0.3) is 0 Å². The molecule has 1 amide bonds. The Bertz CT molecular complexity index is 902. The largest absolute Gasteiger partial charge is 0.489 e. The minimum atomic E-state index is -0.761. The molecule has 2 aromatic rings. The van der Waals surface area contributed by atoms with E-state index in [2.05, 4.69) is 53.4 Å². The fraction of sp³-hybridized carbons (Fsp3) is 0.500. The van der Waals surface area contributed by atoms with Gasteiger partial charge in [-0.15, -0.1) is 0 Å². The zero-order chi connectivity index (χ0) is 21.3. The summed E-state index contributed by atoms with van der Waals surface area (Å²) in [6, 6.07) is 19.5. The Morgan fingerprint density at radius 2 is 1.71 bits per heavy atom. The van der Waals surface area contributed by atoms with Crippen LogP contribution in [0.4, 0.5) is 4.79 Å². The molecule has 2 heterocycles. The Morgan fingerprint density at radius 3 is 2.45 bits per heavy atom. The number of piperidine rings is 1. The summed E-state index contributed by atoms with van der Waals surface area (Å²) in [4.78, 5) is 15.4. The molecular formula is C26H32N2O3. The van der Waals surface area contributed by atoms with Crippen LogP contribution in [-0.2, 0) is 6.61 Å². The molecule has 0 aromatic heterocycles. The first-order valence-electron chi connectivity index (χ1n) is 11.6. The van der Waals surface area contributed by atoms with Crippen molar-refractivity contribution >= 4 is 6.09 Å². The number of hydrogen-bond donors (Lipinski definition) is 1. The first-order chi connectivity index (χ1) is 15.1. The van der Waals surface area contributed by atoms with E-state index in [1.165, 1.54) is 24.0 Å². The zero-order valence-corrected chi connectivity index (χ0v) is 18.1. The predicted molar refractivity (Wildman–Crippen MR) is 120 cm³/mol. The number of amides is 1. The summed E-state index contributed by atoms with van der Waals surface area (Å²) >= 11 is 0. The molecule has 2 aliphatic heterocycles. The van der Waals surface area contributed by atoms with E-state index in [0.717, 1.165) is 51.2 Å². The van der Waals surface area contributed by atoms with Crippen LogP contribution in [0.25, 0.3) is 0 Å². The van der Waals surface area contributed by atoms with Crippen LogP contribution in [0.15, 0.2) is 54.6 Å². The highest BCUT2D eigenvalue weighted by atomic mass is 16.5. The summed E-state index contributed by atoms with van der Waals surface area (Å²) in [5, 5.41) is 9.16. The fourth-order valence-electron chi connectivity index (χ4n) is 5.93. The molecule has 5 heteroatoms. The summed E-state index contributed by atoms with van der Waals surface area (Å²) < 4.78 is 6.22. The molecule has 1 spiro atoms. The minimum absolute atomic E-state index is 0.262. The lowest BCUT2D eigenvalue weighted by molar-refractivity contribution is 0.00813. The molecule has 1 atom stereocenters.